The van der Waals surface area contributed by atoms with Gasteiger partial charge in [0.15, 0.2) is 11.5 Å². The zero-order chi connectivity index (χ0) is 17.5. The summed E-state index contributed by atoms with van der Waals surface area (Å²) < 4.78 is 9.72. The zero-order valence-electron chi connectivity index (χ0n) is 13.8. The maximum absolute atomic E-state index is 11.5. The Kier molecular flexibility index (Phi) is 6.49. The van der Waals surface area contributed by atoms with Crippen LogP contribution in [0.15, 0.2) is 9.78 Å². The summed E-state index contributed by atoms with van der Waals surface area (Å²) in [5.74, 6) is -0.221. The van der Waals surface area contributed by atoms with E-state index in [2.05, 4.69) is 35.6 Å². The molecule has 10 nitrogen and oxygen atoms in total. The smallest absolute Gasteiger partial charge is 0.407 e. The van der Waals surface area contributed by atoms with Gasteiger partial charge < -0.3 is 20.2 Å². The van der Waals surface area contributed by atoms with Crippen molar-refractivity contribution in [1.29, 1.82) is 0 Å². The molecule has 23 heavy (non-hydrogen) atoms. The van der Waals surface area contributed by atoms with Crippen LogP contribution in [-0.2, 0) is 14.4 Å². The first-order valence-corrected chi connectivity index (χ1v) is 6.95. The number of ether oxygens (including phenoxy) is 1. The van der Waals surface area contributed by atoms with Crippen molar-refractivity contribution in [3.8, 4) is 0 Å². The van der Waals surface area contributed by atoms with Crippen LogP contribution in [0.25, 0.3) is 0 Å². The lowest BCUT2D eigenvalue weighted by molar-refractivity contribution is -0.140. The average molecular weight is 327 g/mol. The lowest BCUT2D eigenvalue weighted by Gasteiger charge is -2.19. The van der Waals surface area contributed by atoms with E-state index in [-0.39, 0.29) is 0 Å². The van der Waals surface area contributed by atoms with Crippen molar-refractivity contribution in [1.82, 2.24) is 15.6 Å². The summed E-state index contributed by atoms with van der Waals surface area (Å²) in [6.45, 7) is 8.84. The number of nitrogens with one attached hydrogen (secondary N) is 2. The Balaban J connectivity index is 2.45. The van der Waals surface area contributed by atoms with E-state index in [1.807, 2.05) is 0 Å². The van der Waals surface area contributed by atoms with Crippen LogP contribution in [0.2, 0.25) is 0 Å². The minimum Gasteiger partial charge on any atom is -0.444 e. The molecular weight excluding hydrogens is 306 g/mol. The van der Waals surface area contributed by atoms with Crippen LogP contribution in [0.1, 0.15) is 40.3 Å². The number of amides is 1. The van der Waals surface area contributed by atoms with E-state index in [9.17, 15) is 9.59 Å². The third-order valence-corrected chi connectivity index (χ3v) is 2.23. The highest BCUT2D eigenvalue weighted by atomic mass is 16.7. The second-order valence-electron chi connectivity index (χ2n) is 5.58. The Morgan fingerprint density at radius 1 is 1.22 bits per heavy atom. The van der Waals surface area contributed by atoms with Crippen LogP contribution in [0.3, 0.4) is 0 Å². The number of nitrogens with zero attached hydrogens (tertiary/aromatic N) is 3. The number of aromatic nitrogens is 2. The van der Waals surface area contributed by atoms with Gasteiger partial charge in [0.05, 0.1) is 0 Å². The van der Waals surface area contributed by atoms with E-state index in [0.717, 1.165) is 0 Å². The molecule has 1 amide bonds. The molecule has 0 saturated carbocycles. The number of carbonyl (C=O) groups is 2. The van der Waals surface area contributed by atoms with Gasteiger partial charge in [-0.2, -0.15) is 0 Å². The Morgan fingerprint density at radius 2 is 1.91 bits per heavy atom. The van der Waals surface area contributed by atoms with Gasteiger partial charge in [-0.25, -0.2) is 14.2 Å². The molecule has 128 valence electrons. The number of carbonyl (C=O) groups excluding carboxylic acids is 2. The van der Waals surface area contributed by atoms with E-state index < -0.39 is 17.7 Å². The zero-order valence-corrected chi connectivity index (χ0v) is 13.8. The highest BCUT2D eigenvalue weighted by Gasteiger charge is 2.16. The number of anilines is 1. The molecule has 1 aromatic rings. The monoisotopic (exact) mass is 327 g/mol. The lowest BCUT2D eigenvalue weighted by Crippen LogP contribution is -2.35. The van der Waals surface area contributed by atoms with Gasteiger partial charge in [-0.3, -0.25) is 0 Å². The summed E-state index contributed by atoms with van der Waals surface area (Å²) in [4.78, 5) is 26.7. The summed E-state index contributed by atoms with van der Waals surface area (Å²) in [6, 6.07) is 0. The molecule has 0 spiro atoms. The largest absolute Gasteiger partial charge is 0.444 e. The molecule has 0 bridgehead atoms. The number of rotatable bonds is 6. The molecule has 0 aromatic carbocycles. The van der Waals surface area contributed by atoms with E-state index in [1.54, 1.807) is 27.7 Å². The second-order valence-corrected chi connectivity index (χ2v) is 5.58. The molecule has 0 aliphatic heterocycles. The first-order valence-electron chi connectivity index (χ1n) is 6.95. The maximum Gasteiger partial charge on any atom is 0.407 e. The fourth-order valence-corrected chi connectivity index (χ4v) is 1.38. The van der Waals surface area contributed by atoms with Crippen molar-refractivity contribution in [2.45, 2.75) is 40.2 Å². The van der Waals surface area contributed by atoms with E-state index in [4.69, 9.17) is 4.74 Å². The first kappa shape index (κ1) is 18.4. The highest BCUT2D eigenvalue weighted by Crippen LogP contribution is 2.10. The van der Waals surface area contributed by atoms with Gasteiger partial charge >= 0.3 is 12.1 Å². The number of hydrogen-bond donors (Lipinski definition) is 2. The minimum atomic E-state index is -0.551. The molecule has 0 aliphatic carbocycles. The molecule has 0 radical (unpaired) electrons. The quantitative estimate of drug-likeness (QED) is 0.346. The lowest BCUT2D eigenvalue weighted by atomic mass is 10.2. The van der Waals surface area contributed by atoms with Gasteiger partial charge in [-0.05, 0) is 38.0 Å². The van der Waals surface area contributed by atoms with Gasteiger partial charge in [-0.1, -0.05) is 5.16 Å². The van der Waals surface area contributed by atoms with Crippen LogP contribution in [0.5, 0.6) is 0 Å². The predicted octanol–water partition coefficient (Wildman–Crippen LogP) is 1.29. The fraction of sp³-hybridized carbons (Fsp3) is 0.615. The van der Waals surface area contributed by atoms with Crippen molar-refractivity contribution < 1.29 is 23.8 Å². The Morgan fingerprint density at radius 3 is 2.52 bits per heavy atom. The van der Waals surface area contributed by atoms with E-state index >= 15 is 0 Å². The molecule has 0 fully saturated rings. The Labute approximate surface area is 133 Å². The maximum atomic E-state index is 11.5. The summed E-state index contributed by atoms with van der Waals surface area (Å²) >= 11 is 0. The third-order valence-electron chi connectivity index (χ3n) is 2.23. The third kappa shape index (κ3) is 7.25. The molecular formula is C13H21N5O5. The molecule has 0 aliphatic rings. The van der Waals surface area contributed by atoms with Gasteiger partial charge in [0, 0.05) is 20.0 Å². The number of alkyl carbamates (subject to hydrolysis) is 1. The first-order chi connectivity index (χ1) is 10.7. The van der Waals surface area contributed by atoms with E-state index in [0.29, 0.717) is 30.3 Å². The van der Waals surface area contributed by atoms with Crippen molar-refractivity contribution in [2.24, 2.45) is 5.16 Å². The molecule has 10 heteroatoms. The number of hydrogen-bond acceptors (Lipinski definition) is 9. The summed E-state index contributed by atoms with van der Waals surface area (Å²) in [5, 5.41) is 16.5. The van der Waals surface area contributed by atoms with Gasteiger partial charge in [0.1, 0.15) is 11.3 Å². The van der Waals surface area contributed by atoms with Gasteiger partial charge in [0.25, 0.3) is 0 Å². The van der Waals surface area contributed by atoms with E-state index in [1.165, 1.54) is 6.92 Å². The molecule has 1 aromatic heterocycles. The predicted molar refractivity (Wildman–Crippen MR) is 81.0 cm³/mol. The standard InChI is InChI=1S/C13H21N5O5/c1-8(16-22-9(2)19)10-11(18-23-17-10)14-6-7-15-12(20)21-13(3,4)5/h6-7H2,1-5H3,(H,14,18)(H,15,20)/b16-8+. The van der Waals surface area contributed by atoms with Crippen molar-refractivity contribution in [3.05, 3.63) is 5.69 Å². The Hall–Kier alpha value is -2.65. The molecule has 0 atom stereocenters. The SMILES string of the molecule is CC(=O)O/N=C(\C)c1nonc1NCCNC(=O)OC(C)(C)C. The normalized spacial score (nSPS) is 11.8. The van der Waals surface area contributed by atoms with Crippen molar-refractivity contribution >= 4 is 23.6 Å². The highest BCUT2D eigenvalue weighted by molar-refractivity contribution is 6.00. The van der Waals surface area contributed by atoms with Crippen LogP contribution < -0.4 is 10.6 Å². The fourth-order valence-electron chi connectivity index (χ4n) is 1.38. The molecule has 0 saturated heterocycles. The molecule has 0 unspecified atom stereocenters. The van der Waals surface area contributed by atoms with Crippen LogP contribution >= 0.6 is 0 Å². The number of oxime groups is 1. The second kappa shape index (κ2) is 8.11. The van der Waals surface area contributed by atoms with Gasteiger partial charge in [-0.15, -0.1) is 0 Å². The summed E-state index contributed by atoms with van der Waals surface area (Å²) in [5.41, 5.74) is 0.0814. The van der Waals surface area contributed by atoms with Gasteiger partial charge in [0.2, 0.25) is 0 Å². The van der Waals surface area contributed by atoms with Crippen LogP contribution in [0.4, 0.5) is 10.6 Å². The van der Waals surface area contributed by atoms with Crippen LogP contribution in [-0.4, -0.2) is 46.8 Å². The molecule has 1 rings (SSSR count). The minimum absolute atomic E-state index is 0.307. The van der Waals surface area contributed by atoms with Crippen molar-refractivity contribution in [2.75, 3.05) is 18.4 Å². The molecule has 2 N–H and O–H groups in total. The Bertz CT molecular complexity index is 576. The summed E-state index contributed by atoms with van der Waals surface area (Å²) in [6.07, 6.45) is -0.509. The average Bonchev–Trinajstić information content (AvgIpc) is 2.87. The molecule has 1 heterocycles. The van der Waals surface area contributed by atoms with Crippen LogP contribution in [0, 0.1) is 0 Å². The summed E-state index contributed by atoms with van der Waals surface area (Å²) in [7, 11) is 0. The van der Waals surface area contributed by atoms with Crippen molar-refractivity contribution in [3.63, 3.8) is 0 Å². The topological polar surface area (TPSA) is 128 Å².